The fraction of sp³-hybridized carbons (Fsp3) is 0.761. The number of nitrogens with one attached hydrogen (secondary N) is 2. The third kappa shape index (κ3) is 14.4. The van der Waals surface area contributed by atoms with Crippen molar-refractivity contribution in [2.24, 2.45) is 5.92 Å². The standard InChI is InChI=1S/C46H75FN11O11P/c1-7-8-9-10-11-12-13-14-15-16-17-18-19-20-21-22-56(24-31-38(69-70(62,63)68-29(4)5)34(47)43(66-31)57-26-50-35-39(57)52-45(48)54-41(35)60)33(59)23-30-32(25-65-28(2)3)67-44(37(30)64-6)58-27-51-36-40(58)53-46(49)55-42(36)61/h26-32,34,37-38,43-44H,7-25H2,1-6H3,(H,62,63)(H3,48,52,54,60)(H3,49,53,55,61)/t30-,31-,32-,34-,37-,38-,43-,44-/m1/s1. The van der Waals surface area contributed by atoms with E-state index in [1.807, 2.05) is 13.8 Å². The second kappa shape index (κ2) is 25.9. The summed E-state index contributed by atoms with van der Waals surface area (Å²) >= 11 is 0. The number of hydrogen-bond donors (Lipinski definition) is 5. The van der Waals surface area contributed by atoms with Crippen molar-refractivity contribution in [3.8, 4) is 0 Å². The molecule has 70 heavy (non-hydrogen) atoms. The summed E-state index contributed by atoms with van der Waals surface area (Å²) in [7, 11) is -3.41. The molecule has 7 N–H and O–H groups in total. The van der Waals surface area contributed by atoms with Crippen LogP contribution in [-0.2, 0) is 37.4 Å². The maximum atomic E-state index is 17.0. The highest BCUT2D eigenvalue weighted by Crippen LogP contribution is 2.50. The van der Waals surface area contributed by atoms with E-state index in [1.165, 1.54) is 96.1 Å². The van der Waals surface area contributed by atoms with E-state index in [9.17, 15) is 23.8 Å². The molecular weight excluding hydrogens is 933 g/mol. The lowest BCUT2D eigenvalue weighted by Crippen LogP contribution is -2.45. The molecule has 22 nitrogen and oxygen atoms in total. The number of anilines is 2. The van der Waals surface area contributed by atoms with Gasteiger partial charge in [-0.25, -0.2) is 18.9 Å². The van der Waals surface area contributed by atoms with E-state index in [1.54, 1.807) is 9.47 Å². The molecule has 4 aromatic rings. The average Bonchev–Trinajstić information content (AvgIpc) is 4.07. The summed E-state index contributed by atoms with van der Waals surface area (Å²) in [6.07, 6.45) is 9.54. The van der Waals surface area contributed by atoms with Gasteiger partial charge in [0.1, 0.15) is 18.3 Å². The van der Waals surface area contributed by atoms with Gasteiger partial charge in [0.2, 0.25) is 17.8 Å². The summed E-state index contributed by atoms with van der Waals surface area (Å²) in [5.41, 5.74) is 10.6. The monoisotopic (exact) mass is 1010 g/mol. The Morgan fingerprint density at radius 1 is 0.800 bits per heavy atom. The van der Waals surface area contributed by atoms with Crippen LogP contribution in [0.2, 0.25) is 0 Å². The van der Waals surface area contributed by atoms with Crippen LogP contribution in [0.1, 0.15) is 150 Å². The highest BCUT2D eigenvalue weighted by molar-refractivity contribution is 7.47. The fourth-order valence-electron chi connectivity index (χ4n) is 9.43. The van der Waals surface area contributed by atoms with Crippen LogP contribution in [0.25, 0.3) is 22.3 Å². The van der Waals surface area contributed by atoms with Crippen LogP contribution in [0, 0.1) is 5.92 Å². The zero-order chi connectivity index (χ0) is 50.5. The Labute approximate surface area is 407 Å². The lowest BCUT2D eigenvalue weighted by molar-refractivity contribution is -0.137. The number of imidazole rings is 2. The number of nitrogens with two attached hydrogens (primary N) is 2. The quantitative estimate of drug-likeness (QED) is 0.0271. The van der Waals surface area contributed by atoms with Crippen molar-refractivity contribution in [3.05, 3.63) is 33.4 Å². The number of ether oxygens (including phenoxy) is 4. The Morgan fingerprint density at radius 2 is 1.30 bits per heavy atom. The molecule has 1 unspecified atom stereocenters. The van der Waals surface area contributed by atoms with Crippen LogP contribution >= 0.6 is 7.82 Å². The summed E-state index contributed by atoms with van der Waals surface area (Å²) in [6, 6.07) is 0. The minimum Gasteiger partial charge on any atom is -0.376 e. The van der Waals surface area contributed by atoms with Gasteiger partial charge in [-0.2, -0.15) is 9.97 Å². The van der Waals surface area contributed by atoms with Gasteiger partial charge in [-0.15, -0.1) is 0 Å². The molecule has 6 rings (SSSR count). The Hall–Kier alpha value is -4.35. The van der Waals surface area contributed by atoms with E-state index in [2.05, 4.69) is 36.8 Å². The first kappa shape index (κ1) is 55.0. The number of halogens is 1. The molecule has 0 aliphatic carbocycles. The summed E-state index contributed by atoms with van der Waals surface area (Å²) in [5.74, 6) is -1.37. The molecule has 0 spiro atoms. The maximum Gasteiger partial charge on any atom is 0.472 e. The number of aromatic amines is 2. The van der Waals surface area contributed by atoms with Crippen molar-refractivity contribution in [1.29, 1.82) is 0 Å². The third-order valence-electron chi connectivity index (χ3n) is 12.9. The van der Waals surface area contributed by atoms with Crippen molar-refractivity contribution in [2.75, 3.05) is 38.3 Å². The first-order valence-electron chi connectivity index (χ1n) is 25.0. The number of methoxy groups -OCH3 is 1. The highest BCUT2D eigenvalue weighted by atomic mass is 31.2. The Kier molecular flexibility index (Phi) is 20.3. The number of amides is 1. The number of H-pyrrole nitrogens is 2. The average molecular weight is 1010 g/mol. The van der Waals surface area contributed by atoms with Gasteiger partial charge >= 0.3 is 7.82 Å². The van der Waals surface area contributed by atoms with E-state index < -0.39 is 74.0 Å². The van der Waals surface area contributed by atoms with Gasteiger partial charge in [0.05, 0.1) is 37.6 Å². The van der Waals surface area contributed by atoms with Crippen LogP contribution < -0.4 is 22.6 Å². The number of carbonyl (C=O) groups is 1. The lowest BCUT2D eigenvalue weighted by atomic mass is 9.93. The number of nitrogen functional groups attached to an aromatic ring is 2. The third-order valence-corrected chi connectivity index (χ3v) is 14.1. The normalized spacial score (nSPS) is 23.6. The zero-order valence-electron chi connectivity index (χ0n) is 41.5. The molecule has 2 aliphatic heterocycles. The highest BCUT2D eigenvalue weighted by Gasteiger charge is 2.52. The molecule has 2 aliphatic rings. The van der Waals surface area contributed by atoms with Gasteiger partial charge in [-0.3, -0.25) is 42.5 Å². The van der Waals surface area contributed by atoms with E-state index >= 15 is 4.39 Å². The number of aromatic nitrogens is 8. The summed E-state index contributed by atoms with van der Waals surface area (Å²) in [6.45, 7) is 9.08. The van der Waals surface area contributed by atoms with Crippen molar-refractivity contribution < 1.29 is 46.6 Å². The van der Waals surface area contributed by atoms with Crippen LogP contribution in [-0.4, -0.2) is 124 Å². The number of fused-ring (bicyclic) bond motifs is 2. The van der Waals surface area contributed by atoms with E-state index in [4.69, 9.17) is 39.5 Å². The number of carbonyl (C=O) groups excluding carboxylic acids is 1. The number of phosphoric acid groups is 1. The summed E-state index contributed by atoms with van der Waals surface area (Å²) in [5, 5.41) is 0. The van der Waals surface area contributed by atoms with Gasteiger partial charge in [0.25, 0.3) is 11.1 Å². The first-order chi connectivity index (χ1) is 33.5. The van der Waals surface area contributed by atoms with Crippen molar-refractivity contribution in [3.63, 3.8) is 0 Å². The molecule has 0 bridgehead atoms. The largest absolute Gasteiger partial charge is 0.472 e. The molecule has 0 aromatic carbocycles. The first-order valence-corrected chi connectivity index (χ1v) is 26.5. The Bertz CT molecular complexity index is 2450. The van der Waals surface area contributed by atoms with Crippen LogP contribution in [0.15, 0.2) is 22.2 Å². The Morgan fingerprint density at radius 3 is 1.80 bits per heavy atom. The summed E-state index contributed by atoms with van der Waals surface area (Å²) in [4.78, 5) is 74.4. The predicted molar refractivity (Wildman–Crippen MR) is 260 cm³/mol. The molecule has 2 fully saturated rings. The number of phosphoric ester groups is 1. The SMILES string of the molecule is CCCCCCCCCCCCCCCCCN(C[C@H]1O[C@@H](n2cnc3c(=O)[nH]c(N)nc32)[C@H](F)[C@@H]1OP(=O)(O)OC(C)C)C(=O)C[C@H]1[C@@H](OC)[C@H](n2cnc3c(=O)[nH]c(N)nc32)O[C@@H]1COC(C)C. The number of unbranched alkanes of at least 4 members (excludes halogenated alkanes) is 14. The van der Waals surface area contributed by atoms with Crippen molar-refractivity contribution in [1.82, 2.24) is 43.9 Å². The minimum absolute atomic E-state index is 0.0376. The van der Waals surface area contributed by atoms with Gasteiger partial charge in [0, 0.05) is 32.5 Å². The number of alkyl halides is 1. The Balaban J connectivity index is 1.22. The van der Waals surface area contributed by atoms with Gasteiger partial charge < -0.3 is 40.2 Å². The number of rotatable bonds is 30. The maximum absolute atomic E-state index is 17.0. The van der Waals surface area contributed by atoms with E-state index in [-0.39, 0.29) is 72.4 Å². The van der Waals surface area contributed by atoms with Gasteiger partial charge in [-0.1, -0.05) is 96.8 Å². The zero-order valence-corrected chi connectivity index (χ0v) is 42.4. The van der Waals surface area contributed by atoms with Crippen molar-refractivity contribution >= 4 is 48.0 Å². The van der Waals surface area contributed by atoms with E-state index in [0.29, 0.717) is 6.42 Å². The topological polar surface area (TPSA) is 292 Å². The predicted octanol–water partition coefficient (Wildman–Crippen LogP) is 6.61. The van der Waals surface area contributed by atoms with Crippen LogP contribution in [0.3, 0.4) is 0 Å². The number of hydrogen-bond acceptors (Lipinski definition) is 16. The number of nitrogens with zero attached hydrogens (tertiary/aromatic N) is 7. The molecule has 6 heterocycles. The minimum atomic E-state index is -4.90. The molecular formula is C46H75FN11O11P. The molecule has 392 valence electrons. The molecule has 1 amide bonds. The van der Waals surface area contributed by atoms with Crippen molar-refractivity contribution in [2.45, 2.75) is 193 Å². The molecule has 4 aromatic heterocycles. The lowest BCUT2D eigenvalue weighted by Gasteiger charge is -2.31. The van der Waals surface area contributed by atoms with Gasteiger partial charge in [-0.05, 0) is 34.1 Å². The molecule has 9 atom stereocenters. The van der Waals surface area contributed by atoms with Crippen LogP contribution in [0.5, 0.6) is 0 Å². The van der Waals surface area contributed by atoms with Gasteiger partial charge in [0.15, 0.2) is 41.0 Å². The van der Waals surface area contributed by atoms with E-state index in [0.717, 1.165) is 32.0 Å². The fourth-order valence-corrected chi connectivity index (χ4v) is 10.6. The molecule has 2 saturated heterocycles. The molecule has 0 radical (unpaired) electrons. The second-order valence-corrected chi connectivity index (χ2v) is 20.4. The van der Waals surface area contributed by atoms with Crippen LogP contribution in [0.4, 0.5) is 16.3 Å². The smallest absolute Gasteiger partial charge is 0.376 e. The second-order valence-electron chi connectivity index (χ2n) is 19.1. The summed E-state index contributed by atoms with van der Waals surface area (Å²) < 4.78 is 68.8. The molecule has 24 heteroatoms. The molecule has 0 saturated carbocycles.